The fourth-order valence-corrected chi connectivity index (χ4v) is 4.43. The molecule has 1 aromatic heterocycles. The first-order valence-electron chi connectivity index (χ1n) is 12.4. The molecule has 0 amide bonds. The van der Waals surface area contributed by atoms with E-state index in [4.69, 9.17) is 15.9 Å². The third kappa shape index (κ3) is 6.58. The molecule has 1 aliphatic rings. The molecule has 0 spiro atoms. The fourth-order valence-electron chi connectivity index (χ4n) is 4.43. The van der Waals surface area contributed by atoms with Gasteiger partial charge in [-0.2, -0.15) is 0 Å². The van der Waals surface area contributed by atoms with E-state index in [0.29, 0.717) is 49.4 Å². The van der Waals surface area contributed by atoms with Gasteiger partial charge in [0.2, 0.25) is 5.82 Å². The number of benzene rings is 2. The topological polar surface area (TPSA) is 102 Å². The lowest BCUT2D eigenvalue weighted by Crippen LogP contribution is -2.43. The summed E-state index contributed by atoms with van der Waals surface area (Å²) in [7, 11) is 0. The zero-order valence-corrected chi connectivity index (χ0v) is 21.1. The highest BCUT2D eigenvalue weighted by atomic mass is 19.3. The standard InChI is InChI=1S/C27H30F4N6O/c1-2-38-18-12-21(28)20(22(29)13-18)15-34-23-7-4-3-6-19(23)24(32)26-35-14-17(25(33)36-26)8-11-37-10-5-9-27(30,31)16-37/h3-4,6-7,12-14,32,34H,2,5,8-11,15-16H2,1H3,(H2,33,35,36)/p+1. The third-order valence-corrected chi connectivity index (χ3v) is 6.41. The maximum atomic E-state index is 14.5. The van der Waals surface area contributed by atoms with E-state index < -0.39 is 17.6 Å². The minimum atomic E-state index is -2.67. The van der Waals surface area contributed by atoms with Crippen LogP contribution in [0.25, 0.3) is 0 Å². The number of nitrogen functional groups attached to an aromatic ring is 1. The van der Waals surface area contributed by atoms with Gasteiger partial charge in [0, 0.05) is 54.7 Å². The minimum Gasteiger partial charge on any atom is -0.494 e. The van der Waals surface area contributed by atoms with Crippen molar-refractivity contribution in [2.45, 2.75) is 38.7 Å². The van der Waals surface area contributed by atoms with Gasteiger partial charge in [0.15, 0.2) is 0 Å². The zero-order chi connectivity index (χ0) is 27.3. The van der Waals surface area contributed by atoms with Crippen LogP contribution in [0.4, 0.5) is 29.1 Å². The summed E-state index contributed by atoms with van der Waals surface area (Å²) in [5.74, 6) is -3.60. The summed E-state index contributed by atoms with van der Waals surface area (Å²) in [6.45, 7) is 2.67. The van der Waals surface area contributed by atoms with E-state index in [1.54, 1.807) is 42.3 Å². The van der Waals surface area contributed by atoms with Crippen LogP contribution in [0.2, 0.25) is 0 Å². The van der Waals surface area contributed by atoms with E-state index in [0.717, 1.165) is 12.1 Å². The number of nitrogens with two attached hydrogens (primary N) is 2. The summed E-state index contributed by atoms with van der Waals surface area (Å²) in [6, 6.07) is 9.26. The number of piperidine rings is 1. The van der Waals surface area contributed by atoms with Gasteiger partial charge in [0.05, 0.1) is 18.7 Å². The van der Waals surface area contributed by atoms with Crippen LogP contribution in [0.1, 0.15) is 42.3 Å². The van der Waals surface area contributed by atoms with Crippen molar-refractivity contribution in [2.75, 3.05) is 37.3 Å². The van der Waals surface area contributed by atoms with Crippen LogP contribution < -0.4 is 21.2 Å². The van der Waals surface area contributed by atoms with E-state index in [9.17, 15) is 17.6 Å². The lowest BCUT2D eigenvalue weighted by atomic mass is 10.1. The maximum Gasteiger partial charge on any atom is 0.260 e. The molecule has 1 aliphatic heterocycles. The van der Waals surface area contributed by atoms with Crippen molar-refractivity contribution in [3.63, 3.8) is 0 Å². The highest BCUT2D eigenvalue weighted by Crippen LogP contribution is 2.27. The van der Waals surface area contributed by atoms with Crippen LogP contribution in [0.5, 0.6) is 5.75 Å². The van der Waals surface area contributed by atoms with Gasteiger partial charge >= 0.3 is 0 Å². The second kappa shape index (κ2) is 11.8. The number of aromatic nitrogens is 2. The van der Waals surface area contributed by atoms with Crippen LogP contribution in [-0.4, -0.2) is 52.7 Å². The van der Waals surface area contributed by atoms with Crippen LogP contribution in [0, 0.1) is 11.6 Å². The molecule has 38 heavy (non-hydrogen) atoms. The first-order valence-corrected chi connectivity index (χ1v) is 12.4. The molecular weight excluding hydrogens is 500 g/mol. The number of nitrogens with one attached hydrogen (secondary N) is 1. The number of ether oxygens (including phenoxy) is 1. The first-order chi connectivity index (χ1) is 18.2. The second-order valence-corrected chi connectivity index (χ2v) is 9.20. The summed E-state index contributed by atoms with van der Waals surface area (Å²) in [4.78, 5) is 10.4. The molecular formula is C27H31F4N6O+. The largest absolute Gasteiger partial charge is 0.494 e. The van der Waals surface area contributed by atoms with E-state index in [1.165, 1.54) is 0 Å². The molecule has 5 N–H and O–H groups in total. The summed E-state index contributed by atoms with van der Waals surface area (Å²) in [5, 5.41) is 9.41. The number of para-hydroxylation sites is 1. The average molecular weight is 532 g/mol. The summed E-state index contributed by atoms with van der Waals surface area (Å²) in [6.07, 6.45) is 2.35. The van der Waals surface area contributed by atoms with Gasteiger partial charge in [-0.05, 0) is 38.4 Å². The number of anilines is 2. The quantitative estimate of drug-likeness (QED) is 0.274. The Bertz CT molecular complexity index is 1280. The van der Waals surface area contributed by atoms with Crippen molar-refractivity contribution in [1.82, 2.24) is 14.9 Å². The molecule has 2 heterocycles. The Kier molecular flexibility index (Phi) is 8.45. The number of likely N-dealkylation sites (tertiary alicyclic amines) is 1. The van der Waals surface area contributed by atoms with Crippen molar-refractivity contribution in [3.05, 3.63) is 76.7 Å². The Balaban J connectivity index is 1.45. The zero-order valence-electron chi connectivity index (χ0n) is 21.1. The number of alkyl halides is 2. The summed E-state index contributed by atoms with van der Waals surface area (Å²) < 4.78 is 61.5. The van der Waals surface area contributed by atoms with Gasteiger partial charge < -0.3 is 15.8 Å². The Morgan fingerprint density at radius 3 is 2.63 bits per heavy atom. The van der Waals surface area contributed by atoms with E-state index in [-0.39, 0.29) is 48.2 Å². The summed E-state index contributed by atoms with van der Waals surface area (Å²) in [5.41, 5.74) is 7.92. The van der Waals surface area contributed by atoms with Crippen molar-refractivity contribution in [2.24, 2.45) is 0 Å². The van der Waals surface area contributed by atoms with Crippen molar-refractivity contribution in [1.29, 1.82) is 0 Å². The average Bonchev–Trinajstić information content (AvgIpc) is 2.87. The van der Waals surface area contributed by atoms with E-state index in [1.807, 2.05) is 0 Å². The highest BCUT2D eigenvalue weighted by molar-refractivity contribution is 6.10. The molecule has 0 radical (unpaired) electrons. The van der Waals surface area contributed by atoms with Crippen LogP contribution >= 0.6 is 0 Å². The molecule has 0 unspecified atom stereocenters. The molecule has 0 bridgehead atoms. The number of rotatable bonds is 10. The number of halogens is 4. The Morgan fingerprint density at radius 2 is 1.95 bits per heavy atom. The molecule has 0 atom stereocenters. The predicted molar refractivity (Wildman–Crippen MR) is 137 cm³/mol. The van der Waals surface area contributed by atoms with Gasteiger partial charge in [-0.3, -0.25) is 10.3 Å². The molecule has 11 heteroatoms. The smallest absolute Gasteiger partial charge is 0.260 e. The Morgan fingerprint density at radius 1 is 1.21 bits per heavy atom. The molecule has 1 saturated heterocycles. The predicted octanol–water partition coefficient (Wildman–Crippen LogP) is 3.22. The molecule has 202 valence electrons. The van der Waals surface area contributed by atoms with Crippen molar-refractivity contribution >= 4 is 17.2 Å². The monoisotopic (exact) mass is 531 g/mol. The first kappa shape index (κ1) is 27.3. The van der Waals surface area contributed by atoms with E-state index >= 15 is 0 Å². The van der Waals surface area contributed by atoms with Gasteiger partial charge in [-0.15, -0.1) is 0 Å². The SMILES string of the molecule is CCOc1cc(F)c(CNc2ccccc2C(=[NH2+])c2ncc(CCN3CCCC(F)(F)C3)c(N)n2)c(F)c1. The Labute approximate surface area is 218 Å². The van der Waals surface area contributed by atoms with Crippen molar-refractivity contribution in [3.8, 4) is 5.75 Å². The summed E-state index contributed by atoms with van der Waals surface area (Å²) >= 11 is 0. The van der Waals surface area contributed by atoms with Crippen LogP contribution in [0.3, 0.4) is 0 Å². The second-order valence-electron chi connectivity index (χ2n) is 9.20. The molecule has 4 rings (SSSR count). The minimum absolute atomic E-state index is 0.0844. The molecule has 1 fully saturated rings. The van der Waals surface area contributed by atoms with Gasteiger partial charge in [0.25, 0.3) is 11.6 Å². The maximum absolute atomic E-state index is 14.5. The van der Waals surface area contributed by atoms with E-state index in [2.05, 4.69) is 15.3 Å². The normalized spacial score (nSPS) is 15.3. The number of hydrogen-bond donors (Lipinski definition) is 3. The molecule has 0 saturated carbocycles. The van der Waals surface area contributed by atoms with Crippen LogP contribution in [0.15, 0.2) is 42.6 Å². The van der Waals surface area contributed by atoms with Gasteiger partial charge in [-0.1, -0.05) is 12.1 Å². The van der Waals surface area contributed by atoms with Gasteiger partial charge in [-0.25, -0.2) is 27.5 Å². The van der Waals surface area contributed by atoms with Crippen molar-refractivity contribution < 1.29 is 27.7 Å². The highest BCUT2D eigenvalue weighted by Gasteiger charge is 2.34. The molecule has 0 aliphatic carbocycles. The lowest BCUT2D eigenvalue weighted by molar-refractivity contribution is -0.112. The number of nitrogens with zero attached hydrogens (tertiary/aromatic N) is 3. The fraction of sp³-hybridized carbons (Fsp3) is 0.370. The van der Waals surface area contributed by atoms with Crippen LogP contribution in [-0.2, 0) is 13.0 Å². The number of hydrogen-bond acceptors (Lipinski definition) is 6. The lowest BCUT2D eigenvalue weighted by Gasteiger charge is -2.32. The molecule has 3 aromatic rings. The van der Waals surface area contributed by atoms with Gasteiger partial charge in [0.1, 0.15) is 23.2 Å². The molecule has 7 nitrogen and oxygen atoms in total. The third-order valence-electron chi connectivity index (χ3n) is 6.41. The Hall–Kier alpha value is -3.73. The molecule has 2 aromatic carbocycles.